The number of carbonyl (C=O) groups excluding carboxylic acids is 1. The first kappa shape index (κ1) is 9.59. The van der Waals surface area contributed by atoms with Crippen LogP contribution in [0.5, 0.6) is 0 Å². The van der Waals surface area contributed by atoms with Gasteiger partial charge in [-0.3, -0.25) is 0 Å². The molecule has 0 amide bonds. The summed E-state index contributed by atoms with van der Waals surface area (Å²) in [6, 6.07) is 0. The summed E-state index contributed by atoms with van der Waals surface area (Å²) < 4.78 is 0. The van der Waals surface area contributed by atoms with Gasteiger partial charge in [-0.15, -0.1) is 0 Å². The number of likely N-dealkylation sites (N-methyl/N-ethyl adjacent to an activating group) is 1. The van der Waals surface area contributed by atoms with Crippen molar-refractivity contribution in [3.63, 3.8) is 0 Å². The van der Waals surface area contributed by atoms with Gasteiger partial charge in [0.25, 0.3) is 0 Å². The molecule has 60 valence electrons. The van der Waals surface area contributed by atoms with Crippen LogP contribution in [0.3, 0.4) is 0 Å². The van der Waals surface area contributed by atoms with Crippen molar-refractivity contribution in [2.45, 2.75) is 20.0 Å². The predicted molar refractivity (Wildman–Crippen MR) is 39.9 cm³/mol. The molecule has 0 radical (unpaired) electrons. The Hall–Kier alpha value is -0.410. The zero-order valence-electron chi connectivity index (χ0n) is 6.58. The Kier molecular flexibility index (Phi) is 5.16. The number of carbonyl (C=O) groups is 1. The SMILES string of the molecule is CCN(CC)C[C@@H](O)C=O. The molecular formula is C7H15NO2. The van der Waals surface area contributed by atoms with Crippen LogP contribution in [0, 0.1) is 0 Å². The smallest absolute Gasteiger partial charge is 0.149 e. The standard InChI is InChI=1S/C7H15NO2/c1-3-8(4-2)5-7(10)6-9/h6-7,10H,3-5H2,1-2H3/t7-/m1/s1. The number of nitrogens with zero attached hydrogens (tertiary/aromatic N) is 1. The summed E-state index contributed by atoms with van der Waals surface area (Å²) in [4.78, 5) is 12.0. The molecule has 0 heterocycles. The highest BCUT2D eigenvalue weighted by atomic mass is 16.3. The maximum Gasteiger partial charge on any atom is 0.149 e. The lowest BCUT2D eigenvalue weighted by atomic mass is 10.3. The molecule has 1 N–H and O–H groups in total. The molecule has 3 heteroatoms. The Morgan fingerprint density at radius 2 is 2.00 bits per heavy atom. The molecule has 0 aromatic rings. The molecule has 0 rings (SSSR count). The lowest BCUT2D eigenvalue weighted by Gasteiger charge is -2.18. The molecule has 0 aliphatic heterocycles. The lowest BCUT2D eigenvalue weighted by Crippen LogP contribution is -2.32. The summed E-state index contributed by atoms with van der Waals surface area (Å²) in [5.41, 5.74) is 0. The van der Waals surface area contributed by atoms with Crippen molar-refractivity contribution in [1.29, 1.82) is 0 Å². The van der Waals surface area contributed by atoms with E-state index in [2.05, 4.69) is 0 Å². The summed E-state index contributed by atoms with van der Waals surface area (Å²) >= 11 is 0. The number of hydrogen-bond acceptors (Lipinski definition) is 3. The summed E-state index contributed by atoms with van der Waals surface area (Å²) in [5, 5.41) is 8.88. The average molecular weight is 145 g/mol. The van der Waals surface area contributed by atoms with Crippen molar-refractivity contribution in [3.8, 4) is 0 Å². The first-order valence-electron chi connectivity index (χ1n) is 3.60. The maximum atomic E-state index is 10.00. The van der Waals surface area contributed by atoms with E-state index in [1.54, 1.807) is 0 Å². The second kappa shape index (κ2) is 5.38. The first-order valence-corrected chi connectivity index (χ1v) is 3.60. The zero-order chi connectivity index (χ0) is 7.98. The minimum Gasteiger partial charge on any atom is -0.384 e. The molecule has 0 spiro atoms. The van der Waals surface area contributed by atoms with Crippen molar-refractivity contribution in [2.24, 2.45) is 0 Å². The van der Waals surface area contributed by atoms with Gasteiger partial charge in [0, 0.05) is 6.54 Å². The van der Waals surface area contributed by atoms with Crippen LogP contribution in [-0.4, -0.2) is 42.0 Å². The van der Waals surface area contributed by atoms with E-state index in [-0.39, 0.29) is 0 Å². The Balaban J connectivity index is 3.51. The summed E-state index contributed by atoms with van der Waals surface area (Å²) in [5.74, 6) is 0. The molecule has 0 saturated heterocycles. The van der Waals surface area contributed by atoms with Crippen LogP contribution < -0.4 is 0 Å². The molecule has 0 aliphatic rings. The molecule has 3 nitrogen and oxygen atoms in total. The van der Waals surface area contributed by atoms with Crippen LogP contribution in [0.1, 0.15) is 13.8 Å². The monoisotopic (exact) mass is 145 g/mol. The van der Waals surface area contributed by atoms with Crippen LogP contribution in [-0.2, 0) is 4.79 Å². The summed E-state index contributed by atoms with van der Waals surface area (Å²) in [6.45, 7) is 6.21. The fourth-order valence-corrected chi connectivity index (χ4v) is 0.789. The minimum atomic E-state index is -0.820. The molecule has 0 aromatic heterocycles. The molecular weight excluding hydrogens is 130 g/mol. The topological polar surface area (TPSA) is 40.5 Å². The number of aliphatic hydroxyl groups excluding tert-OH is 1. The van der Waals surface area contributed by atoms with E-state index in [1.807, 2.05) is 18.7 Å². The van der Waals surface area contributed by atoms with Crippen molar-refractivity contribution >= 4 is 6.29 Å². The number of hydrogen-bond donors (Lipinski definition) is 1. The highest BCUT2D eigenvalue weighted by Crippen LogP contribution is 1.88. The Morgan fingerprint density at radius 3 is 2.30 bits per heavy atom. The van der Waals surface area contributed by atoms with E-state index in [0.29, 0.717) is 12.8 Å². The normalized spacial score (nSPS) is 13.6. The van der Waals surface area contributed by atoms with Crippen LogP contribution in [0.4, 0.5) is 0 Å². The Bertz CT molecular complexity index is 91.6. The van der Waals surface area contributed by atoms with Crippen LogP contribution in [0.25, 0.3) is 0 Å². The molecule has 10 heavy (non-hydrogen) atoms. The van der Waals surface area contributed by atoms with E-state index < -0.39 is 6.10 Å². The number of aldehydes is 1. The van der Waals surface area contributed by atoms with Crippen molar-refractivity contribution < 1.29 is 9.90 Å². The van der Waals surface area contributed by atoms with Gasteiger partial charge >= 0.3 is 0 Å². The second-order valence-corrected chi connectivity index (χ2v) is 2.19. The third-order valence-electron chi connectivity index (χ3n) is 1.50. The number of aliphatic hydroxyl groups is 1. The molecule has 0 saturated carbocycles. The third kappa shape index (κ3) is 3.58. The lowest BCUT2D eigenvalue weighted by molar-refractivity contribution is -0.115. The molecule has 0 aromatic carbocycles. The highest BCUT2D eigenvalue weighted by Gasteiger charge is 2.05. The number of rotatable bonds is 5. The van der Waals surface area contributed by atoms with E-state index in [4.69, 9.17) is 5.11 Å². The van der Waals surface area contributed by atoms with Gasteiger partial charge in [0.1, 0.15) is 12.4 Å². The van der Waals surface area contributed by atoms with Gasteiger partial charge in [0.2, 0.25) is 0 Å². The molecule has 0 aliphatic carbocycles. The van der Waals surface area contributed by atoms with Crippen LogP contribution in [0.15, 0.2) is 0 Å². The van der Waals surface area contributed by atoms with Gasteiger partial charge in [-0.2, -0.15) is 0 Å². The summed E-state index contributed by atoms with van der Waals surface area (Å²) in [7, 11) is 0. The van der Waals surface area contributed by atoms with Crippen molar-refractivity contribution in [1.82, 2.24) is 4.90 Å². The van der Waals surface area contributed by atoms with Crippen molar-refractivity contribution in [2.75, 3.05) is 19.6 Å². The second-order valence-electron chi connectivity index (χ2n) is 2.19. The quantitative estimate of drug-likeness (QED) is 0.549. The van der Waals surface area contributed by atoms with Crippen LogP contribution in [0.2, 0.25) is 0 Å². The fourth-order valence-electron chi connectivity index (χ4n) is 0.789. The van der Waals surface area contributed by atoms with Gasteiger partial charge in [-0.1, -0.05) is 13.8 Å². The van der Waals surface area contributed by atoms with Gasteiger partial charge < -0.3 is 14.8 Å². The van der Waals surface area contributed by atoms with E-state index in [9.17, 15) is 4.79 Å². The molecule has 0 bridgehead atoms. The minimum absolute atomic E-state index is 0.455. The van der Waals surface area contributed by atoms with Crippen molar-refractivity contribution in [3.05, 3.63) is 0 Å². The fraction of sp³-hybridized carbons (Fsp3) is 0.857. The van der Waals surface area contributed by atoms with E-state index in [0.717, 1.165) is 13.1 Å². The summed E-state index contributed by atoms with van der Waals surface area (Å²) in [6.07, 6.45) is -0.252. The van der Waals surface area contributed by atoms with Gasteiger partial charge in [0.15, 0.2) is 0 Å². The van der Waals surface area contributed by atoms with Crippen LogP contribution >= 0.6 is 0 Å². The Labute approximate surface area is 61.6 Å². The van der Waals surface area contributed by atoms with E-state index >= 15 is 0 Å². The van der Waals surface area contributed by atoms with E-state index in [1.165, 1.54) is 0 Å². The molecule has 0 fully saturated rings. The predicted octanol–water partition coefficient (Wildman–Crippen LogP) is -0.112. The van der Waals surface area contributed by atoms with Gasteiger partial charge in [-0.25, -0.2) is 0 Å². The molecule has 0 unspecified atom stereocenters. The van der Waals surface area contributed by atoms with Gasteiger partial charge in [-0.05, 0) is 13.1 Å². The first-order chi connectivity index (χ1) is 4.74. The highest BCUT2D eigenvalue weighted by molar-refractivity contribution is 5.55. The maximum absolute atomic E-state index is 10.00. The third-order valence-corrected chi connectivity index (χ3v) is 1.50. The largest absolute Gasteiger partial charge is 0.384 e. The average Bonchev–Trinajstić information content (AvgIpc) is 1.99. The Morgan fingerprint density at radius 1 is 1.50 bits per heavy atom. The molecule has 1 atom stereocenters. The van der Waals surface area contributed by atoms with Gasteiger partial charge in [0.05, 0.1) is 0 Å². The zero-order valence-corrected chi connectivity index (χ0v) is 6.58.